The van der Waals surface area contributed by atoms with Crippen molar-refractivity contribution in [1.82, 2.24) is 5.32 Å². The first-order valence-electron chi connectivity index (χ1n) is 11.4. The Balaban J connectivity index is 2.23. The molecule has 1 amide bonds. The summed E-state index contributed by atoms with van der Waals surface area (Å²) >= 11 is 1.43. The van der Waals surface area contributed by atoms with Crippen LogP contribution in [0.15, 0.2) is 23.3 Å². The van der Waals surface area contributed by atoms with Crippen LogP contribution in [0, 0.1) is 29.1 Å². The van der Waals surface area contributed by atoms with Crippen molar-refractivity contribution >= 4 is 29.2 Å². The van der Waals surface area contributed by atoms with Crippen molar-refractivity contribution in [2.75, 3.05) is 6.26 Å². The summed E-state index contributed by atoms with van der Waals surface area (Å²) < 4.78 is 0. The number of ketones is 2. The molecule has 1 N–H and O–H groups in total. The van der Waals surface area contributed by atoms with E-state index in [0.29, 0.717) is 12.3 Å². The van der Waals surface area contributed by atoms with Gasteiger partial charge in [0.05, 0.1) is 5.25 Å². The van der Waals surface area contributed by atoms with E-state index in [1.165, 1.54) is 22.9 Å². The number of Topliss-reactive ketones (excluding diaryl/α,β-unsaturated/α-hetero) is 2. The lowest BCUT2D eigenvalue weighted by Crippen LogP contribution is -2.55. The first-order valence-corrected chi connectivity index (χ1v) is 12.7. The van der Waals surface area contributed by atoms with Gasteiger partial charge in [0.1, 0.15) is 11.2 Å². The molecule has 1 fully saturated rings. The molecule has 3 aliphatic rings. The van der Waals surface area contributed by atoms with Gasteiger partial charge in [0.2, 0.25) is 5.91 Å². The summed E-state index contributed by atoms with van der Waals surface area (Å²) in [6.45, 7) is 10.7. The molecule has 3 rings (SSSR count). The molecule has 6 unspecified atom stereocenters. The third-order valence-corrected chi connectivity index (χ3v) is 8.44. The van der Waals surface area contributed by atoms with Crippen LogP contribution in [0.25, 0.3) is 0 Å². The second-order valence-corrected chi connectivity index (χ2v) is 11.1. The van der Waals surface area contributed by atoms with Crippen molar-refractivity contribution in [2.45, 2.75) is 78.0 Å². The van der Waals surface area contributed by atoms with Crippen LogP contribution in [0.1, 0.15) is 66.7 Å². The minimum atomic E-state index is -1.11. The molecule has 0 saturated carbocycles. The van der Waals surface area contributed by atoms with E-state index in [2.05, 4.69) is 52.1 Å². The number of rotatable bonds is 3. The van der Waals surface area contributed by atoms with Crippen molar-refractivity contribution in [1.29, 1.82) is 0 Å². The quantitative estimate of drug-likeness (QED) is 0.518. The zero-order chi connectivity index (χ0) is 22.2. The Bertz CT molecular complexity index is 783. The van der Waals surface area contributed by atoms with Crippen molar-refractivity contribution < 1.29 is 14.4 Å². The molecule has 0 aromatic rings. The fourth-order valence-corrected chi connectivity index (χ4v) is 6.72. The van der Waals surface area contributed by atoms with E-state index in [4.69, 9.17) is 0 Å². The van der Waals surface area contributed by atoms with Gasteiger partial charge in [-0.2, -0.15) is 11.8 Å². The number of carbonyl (C=O) groups is 3. The number of hydrogen-bond acceptors (Lipinski definition) is 4. The molecule has 0 aromatic carbocycles. The van der Waals surface area contributed by atoms with Gasteiger partial charge in [-0.05, 0) is 51.2 Å². The molecule has 30 heavy (non-hydrogen) atoms. The summed E-state index contributed by atoms with van der Waals surface area (Å²) in [5.74, 6) is 0.216. The summed E-state index contributed by atoms with van der Waals surface area (Å²) in [6, 6.07) is -0.0142. The molecule has 6 atom stereocenters. The Morgan fingerprint density at radius 1 is 1.17 bits per heavy atom. The summed E-state index contributed by atoms with van der Waals surface area (Å²) in [4.78, 5) is 40.5. The van der Waals surface area contributed by atoms with Crippen LogP contribution < -0.4 is 5.32 Å². The van der Waals surface area contributed by atoms with Crippen LogP contribution in [0.2, 0.25) is 0 Å². The third kappa shape index (κ3) is 3.94. The van der Waals surface area contributed by atoms with Crippen LogP contribution in [-0.2, 0) is 14.4 Å². The zero-order valence-electron chi connectivity index (χ0n) is 19.3. The van der Waals surface area contributed by atoms with E-state index in [1.807, 2.05) is 6.26 Å². The Labute approximate surface area is 185 Å². The van der Waals surface area contributed by atoms with Crippen LogP contribution in [0.3, 0.4) is 0 Å². The number of hydrogen-bond donors (Lipinski definition) is 1. The highest BCUT2D eigenvalue weighted by Gasteiger charge is 2.66. The minimum absolute atomic E-state index is 0.0142. The molecule has 0 aromatic heterocycles. The summed E-state index contributed by atoms with van der Waals surface area (Å²) in [6.07, 6.45) is 9.46. The fraction of sp³-hybridized carbons (Fsp3) is 0.720. The second-order valence-electron chi connectivity index (χ2n) is 10.0. The number of nitrogens with one attached hydrogen (secondary N) is 1. The van der Waals surface area contributed by atoms with Crippen molar-refractivity contribution in [2.24, 2.45) is 29.1 Å². The normalized spacial score (nSPS) is 37.7. The van der Waals surface area contributed by atoms with E-state index in [0.717, 1.165) is 19.3 Å². The topological polar surface area (TPSA) is 63.2 Å². The first-order chi connectivity index (χ1) is 14.1. The van der Waals surface area contributed by atoms with Gasteiger partial charge in [0.15, 0.2) is 5.78 Å². The van der Waals surface area contributed by atoms with Crippen molar-refractivity contribution in [3.05, 3.63) is 23.3 Å². The molecular weight excluding hydrogens is 394 g/mol. The monoisotopic (exact) mass is 431 g/mol. The smallest absolute Gasteiger partial charge is 0.235 e. The van der Waals surface area contributed by atoms with Gasteiger partial charge in [0, 0.05) is 30.7 Å². The van der Waals surface area contributed by atoms with Gasteiger partial charge < -0.3 is 5.32 Å². The van der Waals surface area contributed by atoms with Crippen LogP contribution in [0.4, 0.5) is 0 Å². The zero-order valence-corrected chi connectivity index (χ0v) is 20.1. The maximum absolute atomic E-state index is 14.2. The van der Waals surface area contributed by atoms with Crippen LogP contribution in [-0.4, -0.2) is 35.0 Å². The highest BCUT2D eigenvalue weighted by molar-refractivity contribution is 8.00. The number of carbonyl (C=O) groups excluding carboxylic acids is 3. The average molecular weight is 432 g/mol. The number of amides is 1. The Hall–Kier alpha value is -1.36. The molecule has 0 radical (unpaired) electrons. The highest BCUT2D eigenvalue weighted by Crippen LogP contribution is 2.56. The van der Waals surface area contributed by atoms with E-state index < -0.39 is 10.7 Å². The van der Waals surface area contributed by atoms with E-state index >= 15 is 0 Å². The van der Waals surface area contributed by atoms with Gasteiger partial charge in [-0.15, -0.1) is 0 Å². The Morgan fingerprint density at radius 2 is 1.87 bits per heavy atom. The standard InChI is InChI=1S/C25H37NO3S/c1-14(2)10-20-22-17(5)16(4)12-18-11-15(3)8-7-9-19(27)13-21(30-6)23(28)25(18,22)24(29)26-20/h11-12,14,17-18,20-22H,7-10,13H2,1-6H3,(H,26,29). The molecule has 1 saturated heterocycles. The SMILES string of the molecule is CSC1CC(=O)CCCC(C)=CC2C=C(C)C(C)C3C(CC(C)C)NC(=O)C23C1=O. The van der Waals surface area contributed by atoms with Gasteiger partial charge >= 0.3 is 0 Å². The molecule has 1 aliphatic heterocycles. The molecule has 5 heteroatoms. The minimum Gasteiger partial charge on any atom is -0.352 e. The maximum Gasteiger partial charge on any atom is 0.235 e. The van der Waals surface area contributed by atoms with E-state index in [1.54, 1.807) is 0 Å². The Kier molecular flexibility index (Phi) is 7.01. The summed E-state index contributed by atoms with van der Waals surface area (Å²) in [5, 5.41) is 2.79. The van der Waals surface area contributed by atoms with Gasteiger partial charge in [-0.3, -0.25) is 14.4 Å². The molecular formula is C25H37NO3S. The largest absolute Gasteiger partial charge is 0.352 e. The molecule has 4 nitrogen and oxygen atoms in total. The lowest BCUT2D eigenvalue weighted by atomic mass is 9.54. The first kappa shape index (κ1) is 23.3. The molecule has 1 heterocycles. The fourth-order valence-electron chi connectivity index (χ4n) is 5.96. The third-order valence-electron chi connectivity index (χ3n) is 7.49. The lowest BCUT2D eigenvalue weighted by Gasteiger charge is -2.46. The molecule has 1 spiro atoms. The van der Waals surface area contributed by atoms with E-state index in [-0.39, 0.29) is 47.7 Å². The lowest BCUT2D eigenvalue weighted by molar-refractivity contribution is -0.145. The van der Waals surface area contributed by atoms with Gasteiger partial charge in [-0.25, -0.2) is 0 Å². The van der Waals surface area contributed by atoms with E-state index in [9.17, 15) is 14.4 Å². The maximum atomic E-state index is 14.2. The Morgan fingerprint density at radius 3 is 2.50 bits per heavy atom. The van der Waals surface area contributed by atoms with Gasteiger partial charge in [0.25, 0.3) is 0 Å². The average Bonchev–Trinajstić information content (AvgIpc) is 2.94. The highest BCUT2D eigenvalue weighted by atomic mass is 32.2. The van der Waals surface area contributed by atoms with Crippen LogP contribution >= 0.6 is 11.8 Å². The molecule has 0 bridgehead atoms. The van der Waals surface area contributed by atoms with Crippen LogP contribution in [0.5, 0.6) is 0 Å². The number of allylic oxidation sites excluding steroid dienone is 4. The summed E-state index contributed by atoms with van der Waals surface area (Å²) in [5.41, 5.74) is 1.31. The molecule has 166 valence electrons. The second kappa shape index (κ2) is 9.02. The summed E-state index contributed by atoms with van der Waals surface area (Å²) in [7, 11) is 0. The van der Waals surface area contributed by atoms with Crippen molar-refractivity contribution in [3.8, 4) is 0 Å². The molecule has 2 aliphatic carbocycles. The predicted molar refractivity (Wildman–Crippen MR) is 123 cm³/mol. The number of thioether (sulfide) groups is 1. The van der Waals surface area contributed by atoms with Crippen molar-refractivity contribution in [3.63, 3.8) is 0 Å². The van der Waals surface area contributed by atoms with Gasteiger partial charge in [-0.1, -0.05) is 44.1 Å². The predicted octanol–water partition coefficient (Wildman–Crippen LogP) is 4.74.